The van der Waals surface area contributed by atoms with Crippen molar-refractivity contribution < 1.29 is 42.7 Å². The zero-order chi connectivity index (χ0) is 31.3. The molecule has 0 saturated carbocycles. The van der Waals surface area contributed by atoms with E-state index in [2.05, 4.69) is 13.8 Å². The van der Waals surface area contributed by atoms with E-state index in [-0.39, 0.29) is 11.9 Å². The maximum Gasteiger partial charge on any atom is 0.308 e. The van der Waals surface area contributed by atoms with E-state index in [0.717, 1.165) is 38.7 Å². The number of unbranched alkanes of at least 4 members (excludes halogenated alkanes) is 10. The van der Waals surface area contributed by atoms with Gasteiger partial charge in [0.15, 0.2) is 0 Å². The first-order chi connectivity index (χ1) is 21.3. The van der Waals surface area contributed by atoms with Crippen LogP contribution in [0.25, 0.3) is 0 Å². The van der Waals surface area contributed by atoms with E-state index in [9.17, 15) is 4.79 Å². The molecule has 43 heavy (non-hydrogen) atoms. The molecule has 0 aliphatic heterocycles. The minimum atomic E-state index is -0.111. The summed E-state index contributed by atoms with van der Waals surface area (Å²) in [7, 11) is 0. The second-order valence-corrected chi connectivity index (χ2v) is 10.9. The van der Waals surface area contributed by atoms with Gasteiger partial charge in [-0.3, -0.25) is 4.79 Å². The normalized spacial score (nSPS) is 12.2. The SMILES string of the molecule is CCCCCCCCCCCCOCCOCCOCCOCCOCCOCCOCCOC(=O)C(CC)CCCC. The summed E-state index contributed by atoms with van der Waals surface area (Å²) in [5, 5.41) is 0. The maximum atomic E-state index is 12.0. The fourth-order valence-electron chi connectivity index (χ4n) is 4.37. The number of hydrogen-bond acceptors (Lipinski definition) is 9. The molecule has 0 rings (SSSR count). The lowest BCUT2D eigenvalue weighted by atomic mass is 10.00. The summed E-state index contributed by atoms with van der Waals surface area (Å²) in [6.45, 7) is 14.4. The molecule has 0 amide bonds. The van der Waals surface area contributed by atoms with Crippen molar-refractivity contribution in [2.24, 2.45) is 5.92 Å². The molecule has 0 saturated heterocycles. The zero-order valence-electron chi connectivity index (χ0n) is 28.3. The summed E-state index contributed by atoms with van der Waals surface area (Å²) in [5.41, 5.74) is 0. The van der Waals surface area contributed by atoms with E-state index < -0.39 is 0 Å². The van der Waals surface area contributed by atoms with Crippen molar-refractivity contribution >= 4 is 5.97 Å². The van der Waals surface area contributed by atoms with Crippen molar-refractivity contribution in [2.75, 3.05) is 99.1 Å². The molecule has 1 unspecified atom stereocenters. The molecule has 0 aromatic carbocycles. The highest BCUT2D eigenvalue weighted by Gasteiger charge is 2.16. The lowest BCUT2D eigenvalue weighted by molar-refractivity contribution is -0.150. The summed E-state index contributed by atoms with van der Waals surface area (Å²) >= 11 is 0. The van der Waals surface area contributed by atoms with E-state index in [4.69, 9.17) is 37.9 Å². The molecule has 1 atom stereocenters. The fraction of sp³-hybridized carbons (Fsp3) is 0.971. The Morgan fingerprint density at radius 1 is 0.395 bits per heavy atom. The van der Waals surface area contributed by atoms with Gasteiger partial charge in [-0.2, -0.15) is 0 Å². The number of ether oxygens (including phenoxy) is 8. The van der Waals surface area contributed by atoms with Crippen LogP contribution in [0.15, 0.2) is 0 Å². The molecule has 0 fully saturated rings. The predicted octanol–water partition coefficient (Wildman–Crippen LogP) is 6.78. The Balaban J connectivity index is 3.14. The third-order valence-corrected chi connectivity index (χ3v) is 7.08. The Bertz CT molecular complexity index is 536. The molecule has 9 heteroatoms. The number of esters is 1. The molecule has 0 bridgehead atoms. The molecular weight excluding hydrogens is 552 g/mol. The van der Waals surface area contributed by atoms with Crippen molar-refractivity contribution in [3.8, 4) is 0 Å². The van der Waals surface area contributed by atoms with Gasteiger partial charge < -0.3 is 37.9 Å². The molecule has 0 spiro atoms. The molecule has 0 radical (unpaired) electrons. The maximum absolute atomic E-state index is 12.0. The molecule has 0 aliphatic rings. The summed E-state index contributed by atoms with van der Waals surface area (Å²) in [6, 6.07) is 0. The van der Waals surface area contributed by atoms with E-state index in [1.807, 2.05) is 6.92 Å². The topological polar surface area (TPSA) is 90.9 Å². The number of rotatable bonds is 37. The quantitative estimate of drug-likeness (QED) is 0.0550. The third kappa shape index (κ3) is 33.9. The second-order valence-electron chi connectivity index (χ2n) is 10.9. The van der Waals surface area contributed by atoms with Crippen molar-refractivity contribution in [3.63, 3.8) is 0 Å². The molecule has 0 heterocycles. The van der Waals surface area contributed by atoms with Crippen LogP contribution in [0.4, 0.5) is 0 Å². The van der Waals surface area contributed by atoms with Crippen LogP contribution in [0.3, 0.4) is 0 Å². The molecule has 0 aliphatic carbocycles. The Labute approximate surface area is 264 Å². The van der Waals surface area contributed by atoms with Crippen LogP contribution >= 0.6 is 0 Å². The van der Waals surface area contributed by atoms with Gasteiger partial charge in [0.05, 0.1) is 91.8 Å². The summed E-state index contributed by atoms with van der Waals surface area (Å²) < 4.78 is 43.9. The predicted molar refractivity (Wildman–Crippen MR) is 172 cm³/mol. The van der Waals surface area contributed by atoms with Crippen LogP contribution in [0.2, 0.25) is 0 Å². The molecule has 0 aromatic rings. The Morgan fingerprint density at radius 3 is 1.09 bits per heavy atom. The monoisotopic (exact) mass is 620 g/mol. The Hall–Kier alpha value is -0.810. The van der Waals surface area contributed by atoms with Crippen molar-refractivity contribution in [2.45, 2.75) is 111 Å². The first kappa shape index (κ1) is 42.2. The Morgan fingerprint density at radius 2 is 0.721 bits per heavy atom. The van der Waals surface area contributed by atoms with Gasteiger partial charge >= 0.3 is 5.97 Å². The fourth-order valence-corrected chi connectivity index (χ4v) is 4.37. The highest BCUT2D eigenvalue weighted by Crippen LogP contribution is 2.14. The van der Waals surface area contributed by atoms with E-state index in [0.29, 0.717) is 92.5 Å². The van der Waals surface area contributed by atoms with Gasteiger partial charge in [0.1, 0.15) is 6.61 Å². The average Bonchev–Trinajstić information content (AvgIpc) is 3.02. The van der Waals surface area contributed by atoms with Crippen molar-refractivity contribution in [1.29, 1.82) is 0 Å². The van der Waals surface area contributed by atoms with E-state index in [1.54, 1.807) is 0 Å². The lowest BCUT2D eigenvalue weighted by Gasteiger charge is -2.13. The molecule has 9 nitrogen and oxygen atoms in total. The van der Waals surface area contributed by atoms with Crippen LogP contribution in [0, 0.1) is 5.92 Å². The van der Waals surface area contributed by atoms with Gasteiger partial charge in [0.2, 0.25) is 0 Å². The minimum absolute atomic E-state index is 0.00629. The lowest BCUT2D eigenvalue weighted by Crippen LogP contribution is -2.20. The highest BCUT2D eigenvalue weighted by molar-refractivity contribution is 5.72. The van der Waals surface area contributed by atoms with Gasteiger partial charge in [0.25, 0.3) is 0 Å². The standard InChI is InChI=1S/C34H68O9/c1-4-7-9-10-11-12-13-14-15-16-18-36-19-20-37-21-22-38-23-24-39-25-26-40-27-28-41-29-30-42-31-32-43-34(35)33(6-3)17-8-5-2/h33H,4-32H2,1-3H3. The largest absolute Gasteiger partial charge is 0.463 e. The van der Waals surface area contributed by atoms with E-state index >= 15 is 0 Å². The summed E-state index contributed by atoms with van der Waals surface area (Å²) in [6.07, 6.45) is 17.3. The zero-order valence-corrected chi connectivity index (χ0v) is 28.3. The van der Waals surface area contributed by atoms with Crippen LogP contribution < -0.4 is 0 Å². The molecular formula is C34H68O9. The first-order valence-corrected chi connectivity index (χ1v) is 17.5. The van der Waals surface area contributed by atoms with Gasteiger partial charge in [0, 0.05) is 6.61 Å². The molecule has 0 aromatic heterocycles. The van der Waals surface area contributed by atoms with Crippen LogP contribution in [-0.4, -0.2) is 105 Å². The Kier molecular flexibility index (Phi) is 36.7. The van der Waals surface area contributed by atoms with Crippen LogP contribution in [-0.2, 0) is 42.7 Å². The van der Waals surface area contributed by atoms with Gasteiger partial charge in [-0.1, -0.05) is 91.4 Å². The van der Waals surface area contributed by atoms with Gasteiger partial charge in [-0.25, -0.2) is 0 Å². The number of hydrogen-bond donors (Lipinski definition) is 0. The molecule has 258 valence electrons. The number of carbonyl (C=O) groups is 1. The van der Waals surface area contributed by atoms with Crippen LogP contribution in [0.5, 0.6) is 0 Å². The van der Waals surface area contributed by atoms with E-state index in [1.165, 1.54) is 57.8 Å². The minimum Gasteiger partial charge on any atom is -0.463 e. The summed E-state index contributed by atoms with van der Waals surface area (Å²) in [5.74, 6) is -0.104. The van der Waals surface area contributed by atoms with Crippen molar-refractivity contribution in [3.05, 3.63) is 0 Å². The highest BCUT2D eigenvalue weighted by atomic mass is 16.6. The second kappa shape index (κ2) is 37.4. The average molecular weight is 621 g/mol. The first-order valence-electron chi connectivity index (χ1n) is 17.5. The number of carbonyl (C=O) groups excluding carboxylic acids is 1. The van der Waals surface area contributed by atoms with Crippen LogP contribution in [0.1, 0.15) is 111 Å². The smallest absolute Gasteiger partial charge is 0.308 e. The summed E-state index contributed by atoms with van der Waals surface area (Å²) in [4.78, 5) is 12.0. The van der Waals surface area contributed by atoms with Crippen molar-refractivity contribution in [1.82, 2.24) is 0 Å². The third-order valence-electron chi connectivity index (χ3n) is 7.08. The van der Waals surface area contributed by atoms with Gasteiger partial charge in [-0.05, 0) is 19.3 Å². The van der Waals surface area contributed by atoms with Gasteiger partial charge in [-0.15, -0.1) is 0 Å². The molecule has 0 N–H and O–H groups in total.